The minimum atomic E-state index is 0.0570. The van der Waals surface area contributed by atoms with E-state index in [9.17, 15) is 9.59 Å². The molecular weight excluding hydrogens is 342 g/mol. The monoisotopic (exact) mass is 371 g/mol. The first-order valence-electron chi connectivity index (χ1n) is 10.1. The van der Waals surface area contributed by atoms with Crippen molar-refractivity contribution in [2.75, 3.05) is 45.9 Å². The number of amides is 2. The van der Waals surface area contributed by atoms with E-state index in [0.29, 0.717) is 19.7 Å². The van der Waals surface area contributed by atoms with Crippen LogP contribution in [-0.2, 0) is 14.3 Å². The molecule has 0 aromatic heterocycles. The molecule has 0 aliphatic carbocycles. The number of nitrogens with zero attached hydrogens (tertiary/aromatic N) is 3. The highest BCUT2D eigenvalue weighted by molar-refractivity contribution is 5.80. The van der Waals surface area contributed by atoms with E-state index in [0.717, 1.165) is 39.1 Å². The van der Waals surface area contributed by atoms with Crippen LogP contribution in [0.15, 0.2) is 30.3 Å². The van der Waals surface area contributed by atoms with Crippen molar-refractivity contribution in [1.82, 2.24) is 14.7 Å². The average Bonchev–Trinajstić information content (AvgIpc) is 2.73. The zero-order chi connectivity index (χ0) is 18.8. The third kappa shape index (κ3) is 3.87. The Morgan fingerprint density at radius 3 is 2.41 bits per heavy atom. The van der Waals surface area contributed by atoms with Gasteiger partial charge in [-0.3, -0.25) is 14.5 Å². The fourth-order valence-electron chi connectivity index (χ4n) is 4.70. The van der Waals surface area contributed by atoms with Crippen molar-refractivity contribution in [2.24, 2.45) is 5.92 Å². The highest BCUT2D eigenvalue weighted by Gasteiger charge is 2.39. The van der Waals surface area contributed by atoms with Crippen molar-refractivity contribution in [3.8, 4) is 0 Å². The molecule has 0 spiro atoms. The Morgan fingerprint density at radius 1 is 0.963 bits per heavy atom. The Balaban J connectivity index is 1.37. The number of piperazine rings is 1. The minimum Gasteiger partial charge on any atom is -0.378 e. The van der Waals surface area contributed by atoms with Gasteiger partial charge >= 0.3 is 0 Å². The number of hydrogen-bond acceptors (Lipinski definition) is 4. The molecule has 3 aliphatic rings. The smallest absolute Gasteiger partial charge is 0.225 e. The molecule has 0 radical (unpaired) electrons. The number of carbonyl (C=O) groups excluding carboxylic acids is 2. The standard InChI is InChI=1S/C21H29N3O3/c1-16(25)22-9-7-18(8-10-22)21(26)23-11-12-24-19(13-23)14-27-15-20(24)17-5-3-2-4-6-17/h2-6,18-20H,7-15H2,1H3/t19-,20-/m1/s1. The molecule has 3 saturated heterocycles. The number of carbonyl (C=O) groups is 2. The van der Waals surface area contributed by atoms with E-state index >= 15 is 0 Å². The van der Waals surface area contributed by atoms with Gasteiger partial charge in [-0.15, -0.1) is 0 Å². The summed E-state index contributed by atoms with van der Waals surface area (Å²) in [6, 6.07) is 11.1. The van der Waals surface area contributed by atoms with Gasteiger partial charge in [0, 0.05) is 45.6 Å². The van der Waals surface area contributed by atoms with Crippen molar-refractivity contribution >= 4 is 11.8 Å². The van der Waals surface area contributed by atoms with Gasteiger partial charge in [-0.05, 0) is 18.4 Å². The molecule has 0 saturated carbocycles. The summed E-state index contributed by atoms with van der Waals surface area (Å²) in [7, 11) is 0. The van der Waals surface area contributed by atoms with Crippen LogP contribution in [0.5, 0.6) is 0 Å². The topological polar surface area (TPSA) is 53.1 Å². The summed E-state index contributed by atoms with van der Waals surface area (Å²) in [5.41, 5.74) is 1.29. The lowest BCUT2D eigenvalue weighted by Gasteiger charge is -2.48. The first kappa shape index (κ1) is 18.4. The zero-order valence-corrected chi connectivity index (χ0v) is 16.0. The maximum Gasteiger partial charge on any atom is 0.225 e. The SMILES string of the molecule is CC(=O)N1CCC(C(=O)N2CCN3[C@@H](COC[C@@H]3c3ccccc3)C2)CC1. The van der Waals surface area contributed by atoms with Crippen LogP contribution in [0.25, 0.3) is 0 Å². The van der Waals surface area contributed by atoms with E-state index in [1.54, 1.807) is 6.92 Å². The van der Waals surface area contributed by atoms with Gasteiger partial charge in [0.2, 0.25) is 11.8 Å². The van der Waals surface area contributed by atoms with E-state index < -0.39 is 0 Å². The Kier molecular flexibility index (Phi) is 5.45. The Labute approximate surface area is 161 Å². The van der Waals surface area contributed by atoms with Gasteiger partial charge in [0.25, 0.3) is 0 Å². The Morgan fingerprint density at radius 2 is 1.70 bits per heavy atom. The van der Waals surface area contributed by atoms with Gasteiger partial charge in [-0.25, -0.2) is 0 Å². The van der Waals surface area contributed by atoms with E-state index in [-0.39, 0.29) is 29.8 Å². The summed E-state index contributed by atoms with van der Waals surface area (Å²) in [6.45, 7) is 6.84. The molecule has 3 heterocycles. The molecule has 6 nitrogen and oxygen atoms in total. The lowest BCUT2D eigenvalue weighted by atomic mass is 9.94. The fraction of sp³-hybridized carbons (Fsp3) is 0.619. The second-order valence-corrected chi connectivity index (χ2v) is 7.92. The van der Waals surface area contributed by atoms with E-state index in [4.69, 9.17) is 4.74 Å². The summed E-state index contributed by atoms with van der Waals surface area (Å²) in [5.74, 6) is 0.432. The second-order valence-electron chi connectivity index (χ2n) is 7.92. The van der Waals surface area contributed by atoms with Gasteiger partial charge in [-0.1, -0.05) is 30.3 Å². The van der Waals surface area contributed by atoms with Crippen LogP contribution < -0.4 is 0 Å². The van der Waals surface area contributed by atoms with Crippen LogP contribution in [0.3, 0.4) is 0 Å². The van der Waals surface area contributed by atoms with Gasteiger partial charge < -0.3 is 14.5 Å². The minimum absolute atomic E-state index is 0.0570. The van der Waals surface area contributed by atoms with Gasteiger partial charge in [0.05, 0.1) is 25.3 Å². The summed E-state index contributed by atoms with van der Waals surface area (Å²) in [4.78, 5) is 30.9. The van der Waals surface area contributed by atoms with Gasteiger partial charge in [-0.2, -0.15) is 0 Å². The normalized spacial score (nSPS) is 27.3. The Hall–Kier alpha value is -1.92. The average molecular weight is 371 g/mol. The number of rotatable bonds is 2. The molecule has 3 aliphatic heterocycles. The second kappa shape index (κ2) is 7.98. The Bertz CT molecular complexity index is 673. The largest absolute Gasteiger partial charge is 0.378 e. The van der Waals surface area contributed by atoms with Crippen molar-refractivity contribution in [1.29, 1.82) is 0 Å². The van der Waals surface area contributed by atoms with E-state index in [2.05, 4.69) is 29.2 Å². The summed E-state index contributed by atoms with van der Waals surface area (Å²) < 4.78 is 5.90. The summed E-state index contributed by atoms with van der Waals surface area (Å²) in [6.07, 6.45) is 1.57. The molecule has 2 amide bonds. The number of piperidine rings is 1. The lowest BCUT2D eigenvalue weighted by Crippen LogP contribution is -2.61. The quantitative estimate of drug-likeness (QED) is 0.791. The zero-order valence-electron chi connectivity index (χ0n) is 16.0. The first-order chi connectivity index (χ1) is 13.1. The third-order valence-corrected chi connectivity index (χ3v) is 6.30. The van der Waals surface area contributed by atoms with Crippen LogP contribution in [0.4, 0.5) is 0 Å². The van der Waals surface area contributed by atoms with Gasteiger partial charge in [0.1, 0.15) is 0 Å². The molecule has 0 bridgehead atoms. The molecule has 1 aromatic carbocycles. The van der Waals surface area contributed by atoms with Gasteiger partial charge in [0.15, 0.2) is 0 Å². The number of fused-ring (bicyclic) bond motifs is 1. The van der Waals surface area contributed by atoms with E-state index in [1.165, 1.54) is 5.56 Å². The molecule has 2 atom stereocenters. The fourth-order valence-corrected chi connectivity index (χ4v) is 4.70. The lowest BCUT2D eigenvalue weighted by molar-refractivity contribution is -0.147. The molecule has 27 heavy (non-hydrogen) atoms. The predicted octanol–water partition coefficient (Wildman–Crippen LogP) is 1.53. The van der Waals surface area contributed by atoms with Crippen molar-refractivity contribution in [2.45, 2.75) is 31.8 Å². The van der Waals surface area contributed by atoms with Crippen LogP contribution in [-0.4, -0.2) is 78.5 Å². The number of morpholine rings is 1. The predicted molar refractivity (Wildman–Crippen MR) is 102 cm³/mol. The molecule has 0 unspecified atom stereocenters. The van der Waals surface area contributed by atoms with Crippen molar-refractivity contribution < 1.29 is 14.3 Å². The van der Waals surface area contributed by atoms with Crippen molar-refractivity contribution in [3.05, 3.63) is 35.9 Å². The van der Waals surface area contributed by atoms with E-state index in [1.807, 2.05) is 15.9 Å². The molecule has 6 heteroatoms. The number of benzene rings is 1. The summed E-state index contributed by atoms with van der Waals surface area (Å²) in [5, 5.41) is 0. The molecule has 1 aromatic rings. The van der Waals surface area contributed by atoms with Crippen LogP contribution in [0.1, 0.15) is 31.4 Å². The summed E-state index contributed by atoms with van der Waals surface area (Å²) >= 11 is 0. The first-order valence-corrected chi connectivity index (χ1v) is 10.1. The third-order valence-electron chi connectivity index (χ3n) is 6.30. The maximum atomic E-state index is 13.0. The molecule has 4 rings (SSSR count). The number of hydrogen-bond donors (Lipinski definition) is 0. The number of likely N-dealkylation sites (tertiary alicyclic amines) is 1. The molecule has 146 valence electrons. The highest BCUT2D eigenvalue weighted by atomic mass is 16.5. The molecule has 0 N–H and O–H groups in total. The maximum absolute atomic E-state index is 13.0. The van der Waals surface area contributed by atoms with Crippen molar-refractivity contribution in [3.63, 3.8) is 0 Å². The van der Waals surface area contributed by atoms with Crippen LogP contribution in [0.2, 0.25) is 0 Å². The van der Waals surface area contributed by atoms with Crippen LogP contribution in [0, 0.1) is 5.92 Å². The van der Waals surface area contributed by atoms with Crippen LogP contribution >= 0.6 is 0 Å². The molecule has 3 fully saturated rings. The molecular formula is C21H29N3O3. The highest BCUT2D eigenvalue weighted by Crippen LogP contribution is 2.30. The number of ether oxygens (including phenoxy) is 1.